The van der Waals surface area contributed by atoms with E-state index in [0.29, 0.717) is 72.4 Å². The molecule has 3 unspecified atom stereocenters. The molecule has 16 nitrogen and oxygen atoms in total. The number of ether oxygens (including phenoxy) is 2. The second-order valence-corrected chi connectivity index (χ2v) is 15.5. The minimum Gasteiger partial charge on any atom is -0.440 e. The first-order valence-corrected chi connectivity index (χ1v) is 18.9. The highest BCUT2D eigenvalue weighted by Crippen LogP contribution is 2.55. The van der Waals surface area contributed by atoms with Crippen LogP contribution in [0.3, 0.4) is 0 Å². The first kappa shape index (κ1) is 36.0. The van der Waals surface area contributed by atoms with Crippen molar-refractivity contribution >= 4 is 58.7 Å². The van der Waals surface area contributed by atoms with Crippen molar-refractivity contribution in [2.75, 3.05) is 40.1 Å². The van der Waals surface area contributed by atoms with Gasteiger partial charge in [-0.1, -0.05) is 23.2 Å². The lowest BCUT2D eigenvalue weighted by Gasteiger charge is -2.50. The van der Waals surface area contributed by atoms with Gasteiger partial charge in [-0.3, -0.25) is 9.80 Å². The van der Waals surface area contributed by atoms with E-state index in [1.807, 2.05) is 19.9 Å². The number of aromatic nitrogens is 8. The first-order valence-electron chi connectivity index (χ1n) is 18.2. The van der Waals surface area contributed by atoms with Crippen LogP contribution in [0.25, 0.3) is 0 Å². The predicted octanol–water partition coefficient (Wildman–Crippen LogP) is 6.06. The quantitative estimate of drug-likeness (QED) is 0.200. The van der Waals surface area contributed by atoms with Crippen molar-refractivity contribution in [2.45, 2.75) is 76.0 Å². The van der Waals surface area contributed by atoms with Gasteiger partial charge in [0.1, 0.15) is 17.0 Å². The Morgan fingerprint density at radius 2 is 1.46 bits per heavy atom. The lowest BCUT2D eigenvalue weighted by atomic mass is 9.61. The Kier molecular flexibility index (Phi) is 9.81. The average Bonchev–Trinajstić information content (AvgIpc) is 3.66. The summed E-state index contributed by atoms with van der Waals surface area (Å²) in [5.74, 6) is 2.18. The van der Waals surface area contributed by atoms with Gasteiger partial charge < -0.3 is 20.1 Å². The number of halogens is 2. The van der Waals surface area contributed by atoms with Crippen molar-refractivity contribution in [3.05, 3.63) is 70.2 Å². The molecule has 54 heavy (non-hydrogen) atoms. The molecule has 8 rings (SSSR count). The molecule has 2 aliphatic carbocycles. The lowest BCUT2D eigenvalue weighted by Crippen LogP contribution is -2.62. The standard InChI is InChI=1S/C36H40Cl2N12O4/c1-21-16-27(44-47-31(21)38)39-19-24-9-12-36(20-49(33(51)53-36)28-5-3-13-41-45-28)25(17-24)30-35(54-34(52)50(30)29-6-4-14-42-46-29)10-7-23(8-11-35)18-40-32-22(2)15-26(37)43-48-32/h3-6,13-16,23-25,30H,7-12,17-20H2,1-2H3,(H,39,44)(H,40,48)/t23-,24?,25?,30-,35-,36?/m1/s1. The van der Waals surface area contributed by atoms with E-state index >= 15 is 0 Å². The molecule has 2 saturated heterocycles. The Morgan fingerprint density at radius 1 is 0.778 bits per heavy atom. The van der Waals surface area contributed by atoms with Gasteiger partial charge >= 0.3 is 12.2 Å². The number of aryl methyl sites for hydroxylation is 2. The van der Waals surface area contributed by atoms with E-state index in [4.69, 9.17) is 32.7 Å². The van der Waals surface area contributed by atoms with E-state index in [2.05, 4.69) is 51.4 Å². The van der Waals surface area contributed by atoms with Crippen molar-refractivity contribution in [1.29, 1.82) is 0 Å². The molecule has 2 N–H and O–H groups in total. The molecule has 4 aliphatic rings. The number of amides is 2. The van der Waals surface area contributed by atoms with Crippen LogP contribution in [0.5, 0.6) is 0 Å². The molecule has 282 valence electrons. The van der Waals surface area contributed by atoms with Crippen LogP contribution < -0.4 is 20.4 Å². The smallest absolute Gasteiger partial charge is 0.416 e. The van der Waals surface area contributed by atoms with Gasteiger partial charge in [-0.25, -0.2) is 9.59 Å². The monoisotopic (exact) mass is 774 g/mol. The zero-order valence-corrected chi connectivity index (χ0v) is 31.4. The van der Waals surface area contributed by atoms with Crippen LogP contribution in [0.1, 0.15) is 56.1 Å². The molecule has 0 radical (unpaired) electrons. The highest BCUT2D eigenvalue weighted by molar-refractivity contribution is 6.30. The first-order chi connectivity index (χ1) is 26.1. The molecule has 0 bridgehead atoms. The fourth-order valence-corrected chi connectivity index (χ4v) is 9.03. The summed E-state index contributed by atoms with van der Waals surface area (Å²) in [5.41, 5.74) is -0.101. The number of anilines is 4. The van der Waals surface area contributed by atoms with Crippen molar-refractivity contribution in [2.24, 2.45) is 17.8 Å². The fraction of sp³-hybridized carbons (Fsp3) is 0.500. The third-order valence-corrected chi connectivity index (χ3v) is 12.0. The average molecular weight is 776 g/mol. The highest BCUT2D eigenvalue weighted by Gasteiger charge is 2.66. The maximum Gasteiger partial charge on any atom is 0.416 e. The predicted molar refractivity (Wildman–Crippen MR) is 199 cm³/mol. The van der Waals surface area contributed by atoms with E-state index < -0.39 is 29.4 Å². The summed E-state index contributed by atoms with van der Waals surface area (Å²) in [6.07, 6.45) is 6.87. The molecular formula is C36H40Cl2N12O4. The lowest BCUT2D eigenvalue weighted by molar-refractivity contribution is -0.0860. The third-order valence-electron chi connectivity index (χ3n) is 11.5. The number of rotatable bonds is 9. The van der Waals surface area contributed by atoms with Gasteiger partial charge in [0.15, 0.2) is 27.8 Å². The second kappa shape index (κ2) is 14.7. The molecule has 6 heterocycles. The summed E-state index contributed by atoms with van der Waals surface area (Å²) in [6, 6.07) is 10.1. The molecule has 2 amide bonds. The maximum atomic E-state index is 14.2. The van der Waals surface area contributed by atoms with Gasteiger partial charge in [-0.05, 0) is 118 Å². The van der Waals surface area contributed by atoms with Crippen molar-refractivity contribution in [3.63, 3.8) is 0 Å². The highest BCUT2D eigenvalue weighted by atomic mass is 35.5. The van der Waals surface area contributed by atoms with Crippen LogP contribution in [0.4, 0.5) is 32.9 Å². The van der Waals surface area contributed by atoms with Gasteiger partial charge in [-0.2, -0.15) is 10.2 Å². The van der Waals surface area contributed by atoms with Crippen LogP contribution >= 0.6 is 23.2 Å². The number of nitrogens with zero attached hydrogens (tertiary/aromatic N) is 10. The third kappa shape index (κ3) is 6.92. The van der Waals surface area contributed by atoms with Gasteiger partial charge in [0.05, 0.1) is 12.6 Å². The zero-order chi connectivity index (χ0) is 37.5. The summed E-state index contributed by atoms with van der Waals surface area (Å²) in [5, 5.41) is 40.9. The van der Waals surface area contributed by atoms with Gasteiger partial charge in [0.2, 0.25) is 0 Å². The van der Waals surface area contributed by atoms with E-state index in [9.17, 15) is 9.59 Å². The van der Waals surface area contributed by atoms with Crippen LogP contribution in [-0.2, 0) is 9.47 Å². The van der Waals surface area contributed by atoms with Gasteiger partial charge in [0.25, 0.3) is 0 Å². The van der Waals surface area contributed by atoms with Crippen molar-refractivity contribution in [1.82, 2.24) is 40.8 Å². The van der Waals surface area contributed by atoms with Crippen molar-refractivity contribution in [3.8, 4) is 0 Å². The van der Waals surface area contributed by atoms with Crippen molar-refractivity contribution < 1.29 is 19.1 Å². The normalized spacial score (nSPS) is 28.0. The fourth-order valence-electron chi connectivity index (χ4n) is 8.73. The molecule has 4 atom stereocenters. The van der Waals surface area contributed by atoms with Crippen LogP contribution in [0, 0.1) is 31.6 Å². The molecule has 4 aromatic rings. The zero-order valence-electron chi connectivity index (χ0n) is 29.9. The summed E-state index contributed by atoms with van der Waals surface area (Å²) < 4.78 is 13.0. The van der Waals surface area contributed by atoms with Crippen LogP contribution in [0.2, 0.25) is 10.3 Å². The summed E-state index contributed by atoms with van der Waals surface area (Å²) in [6.45, 7) is 5.34. The van der Waals surface area contributed by atoms with Crippen LogP contribution in [0.15, 0.2) is 48.8 Å². The van der Waals surface area contributed by atoms with E-state index in [1.54, 1.807) is 52.5 Å². The Labute approximate surface area is 321 Å². The molecule has 4 aromatic heterocycles. The number of carbonyl (C=O) groups is 2. The molecular weight excluding hydrogens is 735 g/mol. The number of hydrogen-bond donors (Lipinski definition) is 2. The largest absolute Gasteiger partial charge is 0.440 e. The van der Waals surface area contributed by atoms with E-state index in [1.165, 1.54) is 0 Å². The Bertz CT molecular complexity index is 2010. The molecule has 4 fully saturated rings. The summed E-state index contributed by atoms with van der Waals surface area (Å²) in [7, 11) is 0. The summed E-state index contributed by atoms with van der Waals surface area (Å²) >= 11 is 12.2. The van der Waals surface area contributed by atoms with E-state index in [-0.39, 0.29) is 24.3 Å². The molecule has 2 aliphatic heterocycles. The minimum atomic E-state index is -0.961. The summed E-state index contributed by atoms with van der Waals surface area (Å²) in [4.78, 5) is 31.2. The maximum absolute atomic E-state index is 14.2. The Morgan fingerprint density at radius 3 is 2.17 bits per heavy atom. The molecule has 2 spiro atoms. The number of nitrogens with one attached hydrogen (secondary N) is 2. The van der Waals surface area contributed by atoms with Gasteiger partial charge in [-0.15, -0.1) is 30.6 Å². The van der Waals surface area contributed by atoms with E-state index in [0.717, 1.165) is 30.4 Å². The Balaban J connectivity index is 1.12. The Hall–Kier alpha value is -4.96. The molecule has 2 saturated carbocycles. The number of carbonyl (C=O) groups excluding carboxylic acids is 2. The molecule has 0 aromatic carbocycles. The second-order valence-electron chi connectivity index (χ2n) is 14.8. The number of hydrogen-bond acceptors (Lipinski definition) is 14. The van der Waals surface area contributed by atoms with Crippen LogP contribution in [-0.4, -0.2) is 89.9 Å². The molecule has 18 heteroatoms. The minimum absolute atomic E-state index is 0.128. The topological polar surface area (TPSA) is 186 Å². The SMILES string of the molecule is Cc1cc(NCC2CCC3(CN(c4cccnn4)C(=O)O3)C([C@H]3N(c4cccnn4)C(=O)O[C@]34CC[C@H](CNc3nnc(Cl)cc3C)CC4)C2)nnc1Cl. The van der Waals surface area contributed by atoms with Gasteiger partial charge in [0, 0.05) is 31.4 Å².